The maximum Gasteiger partial charge on any atom is 0.243 e. The molecule has 2 rings (SSSR count). The maximum atomic E-state index is 12.8. The first-order chi connectivity index (χ1) is 14.3. The largest absolute Gasteiger partial charge is 0.494 e. The molecule has 0 saturated carbocycles. The number of carbonyl (C=O) groups is 1. The first-order valence-corrected chi connectivity index (χ1v) is 12.2. The number of aryl methyl sites for hydroxylation is 2. The van der Waals surface area contributed by atoms with E-state index in [1.165, 1.54) is 4.31 Å². The number of anilines is 1. The van der Waals surface area contributed by atoms with Gasteiger partial charge in [-0.05, 0) is 62.9 Å². The van der Waals surface area contributed by atoms with Crippen LogP contribution in [0.1, 0.15) is 37.8 Å². The van der Waals surface area contributed by atoms with E-state index in [1.807, 2.05) is 57.2 Å². The minimum atomic E-state index is -3.61. The van der Waals surface area contributed by atoms with E-state index in [4.69, 9.17) is 4.74 Å². The van der Waals surface area contributed by atoms with Crippen molar-refractivity contribution in [2.45, 2.75) is 46.1 Å². The van der Waals surface area contributed by atoms with Crippen molar-refractivity contribution in [2.75, 3.05) is 23.7 Å². The Balaban J connectivity index is 1.97. The second-order valence-corrected chi connectivity index (χ2v) is 9.15. The van der Waals surface area contributed by atoms with Crippen LogP contribution >= 0.6 is 0 Å². The summed E-state index contributed by atoms with van der Waals surface area (Å²) in [5.74, 6) is 0.563. The molecule has 2 aromatic carbocycles. The summed E-state index contributed by atoms with van der Waals surface area (Å²) in [6.07, 6.45) is 3.09. The van der Waals surface area contributed by atoms with Crippen LogP contribution in [0.3, 0.4) is 0 Å². The number of rotatable bonds is 11. The van der Waals surface area contributed by atoms with Gasteiger partial charge < -0.3 is 10.1 Å². The summed E-state index contributed by atoms with van der Waals surface area (Å²) in [5.41, 5.74) is 2.69. The Morgan fingerprint density at radius 2 is 1.70 bits per heavy atom. The fourth-order valence-electron chi connectivity index (χ4n) is 3.29. The van der Waals surface area contributed by atoms with Gasteiger partial charge in [-0.25, -0.2) is 8.42 Å². The summed E-state index contributed by atoms with van der Waals surface area (Å²) < 4.78 is 31.5. The van der Waals surface area contributed by atoms with E-state index in [0.29, 0.717) is 25.3 Å². The van der Waals surface area contributed by atoms with Crippen LogP contribution in [0.15, 0.2) is 48.5 Å². The van der Waals surface area contributed by atoms with Gasteiger partial charge in [-0.3, -0.25) is 9.10 Å². The van der Waals surface area contributed by atoms with Crippen molar-refractivity contribution < 1.29 is 17.9 Å². The Bertz CT molecular complexity index is 909. The first kappa shape index (κ1) is 23.7. The molecule has 0 unspecified atom stereocenters. The fraction of sp³-hybridized carbons (Fsp3) is 0.435. The number of hydrogen-bond donors (Lipinski definition) is 1. The predicted octanol–water partition coefficient (Wildman–Crippen LogP) is 3.69. The Hall–Kier alpha value is -2.54. The lowest BCUT2D eigenvalue weighted by Gasteiger charge is -2.30. The van der Waals surface area contributed by atoms with Gasteiger partial charge in [0.15, 0.2) is 0 Å². The van der Waals surface area contributed by atoms with Crippen LogP contribution in [0.25, 0.3) is 0 Å². The molecule has 0 saturated heterocycles. The highest BCUT2D eigenvalue weighted by Gasteiger charge is 2.31. The molecule has 1 atom stereocenters. The lowest BCUT2D eigenvalue weighted by Crippen LogP contribution is -2.49. The standard InChI is InChI=1S/C23H32N2O4S/c1-5-22(25(30(4,27)28)20-13-9-18(3)10-14-20)23(26)24-17-7-8-19-11-15-21(16-12-19)29-6-2/h9-16,22H,5-8,17H2,1-4H3,(H,24,26)/t22-/m1/s1. The van der Waals surface area contributed by atoms with Gasteiger partial charge in [0.25, 0.3) is 0 Å². The molecule has 0 aliphatic heterocycles. The van der Waals surface area contributed by atoms with Crippen LogP contribution in [0.2, 0.25) is 0 Å². The molecule has 0 aliphatic carbocycles. The van der Waals surface area contributed by atoms with Crippen LogP contribution in [0.5, 0.6) is 5.75 Å². The van der Waals surface area contributed by atoms with E-state index < -0.39 is 16.1 Å². The molecule has 0 aliphatic rings. The number of hydrogen-bond acceptors (Lipinski definition) is 4. The zero-order valence-corrected chi connectivity index (χ0v) is 19.0. The van der Waals surface area contributed by atoms with Crippen LogP contribution in [0.4, 0.5) is 5.69 Å². The van der Waals surface area contributed by atoms with E-state index in [0.717, 1.165) is 36.0 Å². The molecule has 0 radical (unpaired) electrons. The van der Waals surface area contributed by atoms with Gasteiger partial charge in [-0.15, -0.1) is 0 Å². The van der Waals surface area contributed by atoms with E-state index in [2.05, 4.69) is 5.32 Å². The fourth-order valence-corrected chi connectivity index (χ4v) is 4.50. The molecule has 0 bridgehead atoms. The molecule has 1 N–H and O–H groups in total. The van der Waals surface area contributed by atoms with Gasteiger partial charge >= 0.3 is 0 Å². The Labute approximate surface area is 180 Å². The molecule has 0 fully saturated rings. The summed E-state index contributed by atoms with van der Waals surface area (Å²) in [7, 11) is -3.61. The summed E-state index contributed by atoms with van der Waals surface area (Å²) >= 11 is 0. The number of ether oxygens (including phenoxy) is 1. The highest BCUT2D eigenvalue weighted by atomic mass is 32.2. The monoisotopic (exact) mass is 432 g/mol. The van der Waals surface area contributed by atoms with Gasteiger partial charge in [0.1, 0.15) is 11.8 Å². The zero-order valence-electron chi connectivity index (χ0n) is 18.2. The lowest BCUT2D eigenvalue weighted by atomic mass is 10.1. The van der Waals surface area contributed by atoms with Crippen molar-refractivity contribution in [2.24, 2.45) is 0 Å². The normalized spacial score (nSPS) is 12.3. The summed E-state index contributed by atoms with van der Waals surface area (Å²) in [5, 5.41) is 2.90. The third-order valence-electron chi connectivity index (χ3n) is 4.79. The maximum absolute atomic E-state index is 12.8. The van der Waals surface area contributed by atoms with Crippen LogP contribution in [-0.4, -0.2) is 39.8 Å². The molecule has 6 nitrogen and oxygen atoms in total. The zero-order chi connectivity index (χ0) is 22.1. The van der Waals surface area contributed by atoms with Crippen LogP contribution < -0.4 is 14.4 Å². The topological polar surface area (TPSA) is 75.7 Å². The lowest BCUT2D eigenvalue weighted by molar-refractivity contribution is -0.122. The molecule has 7 heteroatoms. The third kappa shape index (κ3) is 6.76. The minimum absolute atomic E-state index is 0.282. The highest BCUT2D eigenvalue weighted by molar-refractivity contribution is 7.92. The molecule has 164 valence electrons. The van der Waals surface area contributed by atoms with Crippen molar-refractivity contribution >= 4 is 21.6 Å². The summed E-state index contributed by atoms with van der Waals surface area (Å²) in [6, 6.07) is 14.3. The molecule has 30 heavy (non-hydrogen) atoms. The van der Waals surface area contributed by atoms with Crippen LogP contribution in [-0.2, 0) is 21.2 Å². The molecular weight excluding hydrogens is 400 g/mol. The summed E-state index contributed by atoms with van der Waals surface area (Å²) in [4.78, 5) is 12.8. The van der Waals surface area contributed by atoms with Crippen LogP contribution in [0, 0.1) is 6.92 Å². The van der Waals surface area contributed by atoms with Crippen molar-refractivity contribution in [3.8, 4) is 5.75 Å². The third-order valence-corrected chi connectivity index (χ3v) is 5.97. The molecule has 0 spiro atoms. The number of nitrogens with zero attached hydrogens (tertiary/aromatic N) is 1. The molecule has 2 aromatic rings. The van der Waals surface area contributed by atoms with Crippen molar-refractivity contribution in [1.82, 2.24) is 5.32 Å². The molecular formula is C23H32N2O4S. The van der Waals surface area contributed by atoms with Gasteiger partial charge in [0, 0.05) is 6.54 Å². The number of sulfonamides is 1. The SMILES string of the molecule is CCOc1ccc(CCCNC(=O)[C@@H](CC)N(c2ccc(C)cc2)S(C)(=O)=O)cc1. The van der Waals surface area contributed by atoms with Crippen molar-refractivity contribution in [3.05, 3.63) is 59.7 Å². The first-order valence-electron chi connectivity index (χ1n) is 10.3. The number of benzene rings is 2. The minimum Gasteiger partial charge on any atom is -0.494 e. The van der Waals surface area contributed by atoms with Gasteiger partial charge in [-0.2, -0.15) is 0 Å². The second kappa shape index (κ2) is 11.0. The predicted molar refractivity (Wildman–Crippen MR) is 122 cm³/mol. The van der Waals surface area contributed by atoms with E-state index in [1.54, 1.807) is 12.1 Å². The van der Waals surface area contributed by atoms with Crippen molar-refractivity contribution in [1.29, 1.82) is 0 Å². The average Bonchev–Trinajstić information content (AvgIpc) is 2.70. The van der Waals surface area contributed by atoms with Gasteiger partial charge in [0.05, 0.1) is 18.6 Å². The van der Waals surface area contributed by atoms with Crippen molar-refractivity contribution in [3.63, 3.8) is 0 Å². The highest BCUT2D eigenvalue weighted by Crippen LogP contribution is 2.23. The van der Waals surface area contributed by atoms with Gasteiger partial charge in [0.2, 0.25) is 15.9 Å². The Kier molecular flexibility index (Phi) is 8.72. The summed E-state index contributed by atoms with van der Waals surface area (Å²) in [6.45, 7) is 6.81. The second-order valence-electron chi connectivity index (χ2n) is 7.29. The number of carbonyl (C=O) groups excluding carboxylic acids is 1. The van der Waals surface area contributed by atoms with E-state index >= 15 is 0 Å². The van der Waals surface area contributed by atoms with E-state index in [-0.39, 0.29) is 5.91 Å². The molecule has 0 aromatic heterocycles. The Morgan fingerprint density at radius 3 is 2.23 bits per heavy atom. The van der Waals surface area contributed by atoms with E-state index in [9.17, 15) is 13.2 Å². The molecule has 0 heterocycles. The average molecular weight is 433 g/mol. The Morgan fingerprint density at radius 1 is 1.07 bits per heavy atom. The molecule has 1 amide bonds. The number of amides is 1. The number of nitrogens with one attached hydrogen (secondary N) is 1. The quantitative estimate of drug-likeness (QED) is 0.550. The smallest absolute Gasteiger partial charge is 0.243 e. The van der Waals surface area contributed by atoms with Gasteiger partial charge in [-0.1, -0.05) is 36.8 Å².